The maximum absolute atomic E-state index is 11.6. The molecule has 0 spiro atoms. The minimum atomic E-state index is -0.695. The SMILES string of the molecule is CCCC(C)CC(C(=O)O)N1CCc2ccccc21. The second-order valence-corrected chi connectivity index (χ2v) is 5.56. The Bertz CT molecular complexity index is 444. The summed E-state index contributed by atoms with van der Waals surface area (Å²) in [7, 11) is 0. The van der Waals surface area contributed by atoms with Gasteiger partial charge >= 0.3 is 5.97 Å². The molecule has 0 aliphatic carbocycles. The molecule has 1 heterocycles. The molecule has 2 rings (SSSR count). The van der Waals surface area contributed by atoms with Gasteiger partial charge in [0.1, 0.15) is 6.04 Å². The summed E-state index contributed by atoms with van der Waals surface area (Å²) < 4.78 is 0. The number of fused-ring (bicyclic) bond motifs is 1. The number of hydrogen-bond acceptors (Lipinski definition) is 2. The highest BCUT2D eigenvalue weighted by Crippen LogP contribution is 2.31. The van der Waals surface area contributed by atoms with E-state index in [0.717, 1.165) is 37.9 Å². The van der Waals surface area contributed by atoms with Crippen LogP contribution in [0.15, 0.2) is 24.3 Å². The number of hydrogen-bond donors (Lipinski definition) is 1. The van der Waals surface area contributed by atoms with Crippen LogP contribution in [0.3, 0.4) is 0 Å². The van der Waals surface area contributed by atoms with Crippen molar-refractivity contribution >= 4 is 11.7 Å². The van der Waals surface area contributed by atoms with E-state index in [1.807, 2.05) is 18.2 Å². The number of para-hydroxylation sites is 1. The molecular weight excluding hydrogens is 238 g/mol. The van der Waals surface area contributed by atoms with Crippen LogP contribution in [-0.2, 0) is 11.2 Å². The summed E-state index contributed by atoms with van der Waals surface area (Å²) in [6, 6.07) is 7.78. The predicted octanol–water partition coefficient (Wildman–Crippen LogP) is 3.33. The molecule has 1 N–H and O–H groups in total. The second-order valence-electron chi connectivity index (χ2n) is 5.56. The van der Waals surface area contributed by atoms with Gasteiger partial charge in [0.05, 0.1) is 0 Å². The van der Waals surface area contributed by atoms with E-state index in [0.29, 0.717) is 5.92 Å². The van der Waals surface area contributed by atoms with Crippen LogP contribution in [0.1, 0.15) is 38.7 Å². The van der Waals surface area contributed by atoms with Crippen molar-refractivity contribution in [1.29, 1.82) is 0 Å². The van der Waals surface area contributed by atoms with Crippen molar-refractivity contribution in [2.45, 2.75) is 45.6 Å². The van der Waals surface area contributed by atoms with Gasteiger partial charge in [-0.25, -0.2) is 4.79 Å². The van der Waals surface area contributed by atoms with E-state index in [9.17, 15) is 9.90 Å². The van der Waals surface area contributed by atoms with Crippen molar-refractivity contribution in [1.82, 2.24) is 0 Å². The van der Waals surface area contributed by atoms with Gasteiger partial charge in [0.25, 0.3) is 0 Å². The zero-order valence-corrected chi connectivity index (χ0v) is 11.8. The predicted molar refractivity (Wildman–Crippen MR) is 77.6 cm³/mol. The fourth-order valence-electron chi connectivity index (χ4n) is 3.04. The third-order valence-corrected chi connectivity index (χ3v) is 3.99. The largest absolute Gasteiger partial charge is 0.480 e. The Kier molecular flexibility index (Phi) is 4.46. The molecular formula is C16H23NO2. The van der Waals surface area contributed by atoms with E-state index in [-0.39, 0.29) is 6.04 Å². The van der Waals surface area contributed by atoms with E-state index in [2.05, 4.69) is 24.8 Å². The number of nitrogens with zero attached hydrogens (tertiary/aromatic N) is 1. The molecule has 0 aromatic heterocycles. The third-order valence-electron chi connectivity index (χ3n) is 3.99. The minimum Gasteiger partial charge on any atom is -0.480 e. The molecule has 0 saturated carbocycles. The number of carboxylic acid groups (broad SMARTS) is 1. The average molecular weight is 261 g/mol. The van der Waals surface area contributed by atoms with Crippen LogP contribution in [-0.4, -0.2) is 23.7 Å². The number of aliphatic carboxylic acids is 1. The molecule has 2 atom stereocenters. The molecule has 1 aliphatic heterocycles. The fourth-order valence-corrected chi connectivity index (χ4v) is 3.04. The van der Waals surface area contributed by atoms with Gasteiger partial charge in [-0.3, -0.25) is 0 Å². The first-order valence-electron chi connectivity index (χ1n) is 7.20. The van der Waals surface area contributed by atoms with Gasteiger partial charge in [0, 0.05) is 12.2 Å². The molecule has 0 saturated heterocycles. The van der Waals surface area contributed by atoms with Gasteiger partial charge in [-0.1, -0.05) is 44.9 Å². The molecule has 1 aliphatic rings. The number of benzene rings is 1. The first-order chi connectivity index (χ1) is 9.13. The minimum absolute atomic E-state index is 0.384. The lowest BCUT2D eigenvalue weighted by molar-refractivity contribution is -0.139. The summed E-state index contributed by atoms with van der Waals surface area (Å²) in [6.45, 7) is 5.13. The molecule has 19 heavy (non-hydrogen) atoms. The Morgan fingerprint density at radius 1 is 1.42 bits per heavy atom. The van der Waals surface area contributed by atoms with Gasteiger partial charge in [-0.2, -0.15) is 0 Å². The topological polar surface area (TPSA) is 40.5 Å². The molecule has 0 bridgehead atoms. The van der Waals surface area contributed by atoms with Gasteiger partial charge in [0.15, 0.2) is 0 Å². The Morgan fingerprint density at radius 3 is 2.84 bits per heavy atom. The molecule has 1 aromatic rings. The van der Waals surface area contributed by atoms with Crippen LogP contribution in [0, 0.1) is 5.92 Å². The van der Waals surface area contributed by atoms with Crippen molar-refractivity contribution in [3.8, 4) is 0 Å². The standard InChI is InChI=1S/C16H23NO2/c1-3-6-12(2)11-15(16(18)19)17-10-9-13-7-4-5-8-14(13)17/h4-5,7-8,12,15H,3,6,9-11H2,1-2H3,(H,18,19). The summed E-state index contributed by atoms with van der Waals surface area (Å²) in [5, 5.41) is 9.53. The van der Waals surface area contributed by atoms with Crippen molar-refractivity contribution in [2.24, 2.45) is 5.92 Å². The maximum atomic E-state index is 11.6. The van der Waals surface area contributed by atoms with Crippen molar-refractivity contribution < 1.29 is 9.90 Å². The Labute approximate surface area is 115 Å². The van der Waals surface area contributed by atoms with Crippen LogP contribution >= 0.6 is 0 Å². The van der Waals surface area contributed by atoms with E-state index in [1.165, 1.54) is 5.56 Å². The Hall–Kier alpha value is -1.51. The maximum Gasteiger partial charge on any atom is 0.326 e. The zero-order valence-electron chi connectivity index (χ0n) is 11.8. The van der Waals surface area contributed by atoms with Gasteiger partial charge in [-0.15, -0.1) is 0 Å². The summed E-state index contributed by atoms with van der Waals surface area (Å²) in [4.78, 5) is 13.7. The highest BCUT2D eigenvalue weighted by molar-refractivity contribution is 5.79. The summed E-state index contributed by atoms with van der Waals surface area (Å²) in [5.41, 5.74) is 2.38. The van der Waals surface area contributed by atoms with E-state index in [1.54, 1.807) is 0 Å². The van der Waals surface area contributed by atoms with Crippen LogP contribution in [0.2, 0.25) is 0 Å². The van der Waals surface area contributed by atoms with Crippen molar-refractivity contribution in [2.75, 3.05) is 11.4 Å². The molecule has 0 amide bonds. The zero-order chi connectivity index (χ0) is 13.8. The lowest BCUT2D eigenvalue weighted by Crippen LogP contribution is -2.41. The molecule has 3 heteroatoms. The number of carbonyl (C=O) groups is 1. The van der Waals surface area contributed by atoms with Gasteiger partial charge < -0.3 is 10.0 Å². The third kappa shape index (κ3) is 3.09. The highest BCUT2D eigenvalue weighted by atomic mass is 16.4. The van der Waals surface area contributed by atoms with E-state index >= 15 is 0 Å². The van der Waals surface area contributed by atoms with E-state index < -0.39 is 5.97 Å². The molecule has 2 unspecified atom stereocenters. The van der Waals surface area contributed by atoms with Crippen LogP contribution in [0.5, 0.6) is 0 Å². The summed E-state index contributed by atoms with van der Waals surface area (Å²) in [6.07, 6.45) is 3.91. The molecule has 0 fully saturated rings. The summed E-state index contributed by atoms with van der Waals surface area (Å²) >= 11 is 0. The first-order valence-corrected chi connectivity index (χ1v) is 7.20. The van der Waals surface area contributed by atoms with Crippen LogP contribution in [0.4, 0.5) is 5.69 Å². The quantitative estimate of drug-likeness (QED) is 0.854. The lowest BCUT2D eigenvalue weighted by atomic mass is 9.96. The summed E-state index contributed by atoms with van der Waals surface area (Å²) in [5.74, 6) is -0.237. The van der Waals surface area contributed by atoms with Gasteiger partial charge in [-0.05, 0) is 30.4 Å². The smallest absolute Gasteiger partial charge is 0.326 e. The van der Waals surface area contributed by atoms with Crippen LogP contribution in [0.25, 0.3) is 0 Å². The van der Waals surface area contributed by atoms with E-state index in [4.69, 9.17) is 0 Å². The Morgan fingerprint density at radius 2 is 2.16 bits per heavy atom. The monoisotopic (exact) mass is 261 g/mol. The van der Waals surface area contributed by atoms with Crippen molar-refractivity contribution in [3.05, 3.63) is 29.8 Å². The number of anilines is 1. The van der Waals surface area contributed by atoms with Crippen molar-refractivity contribution in [3.63, 3.8) is 0 Å². The molecule has 104 valence electrons. The average Bonchev–Trinajstić information content (AvgIpc) is 2.79. The molecule has 1 aromatic carbocycles. The molecule has 0 radical (unpaired) electrons. The van der Waals surface area contributed by atoms with Crippen LogP contribution < -0.4 is 4.90 Å². The molecule has 3 nitrogen and oxygen atoms in total. The number of carboxylic acids is 1. The highest BCUT2D eigenvalue weighted by Gasteiger charge is 2.31. The normalized spacial score (nSPS) is 17.1. The second kappa shape index (κ2) is 6.09. The Balaban J connectivity index is 2.15. The van der Waals surface area contributed by atoms with Gasteiger partial charge in [0.2, 0.25) is 0 Å². The lowest BCUT2D eigenvalue weighted by Gasteiger charge is -2.29. The number of rotatable bonds is 6. The first kappa shape index (κ1) is 13.9. The fraction of sp³-hybridized carbons (Fsp3) is 0.562.